The molecule has 0 aromatic heterocycles. The number of methoxy groups -OCH3 is 1. The number of carboxylic acid groups (broad SMARTS) is 1. The fraction of sp³-hybridized carbons (Fsp3) is 0.556. The molecule has 0 radical (unpaired) electrons. The zero-order valence-electron chi connectivity index (χ0n) is 15.0. The van der Waals surface area contributed by atoms with Gasteiger partial charge in [0.15, 0.2) is 0 Å². The molecule has 25 heavy (non-hydrogen) atoms. The molecule has 0 saturated carbocycles. The van der Waals surface area contributed by atoms with Gasteiger partial charge in [0.05, 0.1) is 12.5 Å². The predicted octanol–water partition coefficient (Wildman–Crippen LogP) is 3.60. The second-order valence-corrected chi connectivity index (χ2v) is 7.81. The maximum absolute atomic E-state index is 12.3. The third-order valence-corrected chi connectivity index (χ3v) is 4.47. The van der Waals surface area contributed by atoms with E-state index in [9.17, 15) is 14.7 Å². The summed E-state index contributed by atoms with van der Waals surface area (Å²) in [5, 5.41) is 10.3. The SMILES string of the molecule is COc1ccc(Cl)cc1CC1(C(=O)O)CCN(C(=O)OC(C)(C)C)C1. The van der Waals surface area contributed by atoms with Crippen molar-refractivity contribution in [3.8, 4) is 5.75 Å². The average molecular weight is 370 g/mol. The van der Waals surface area contributed by atoms with Crippen molar-refractivity contribution in [3.05, 3.63) is 28.8 Å². The summed E-state index contributed by atoms with van der Waals surface area (Å²) >= 11 is 6.05. The Balaban J connectivity index is 2.23. The number of carboxylic acids is 1. The van der Waals surface area contributed by atoms with Crippen molar-refractivity contribution < 1.29 is 24.2 Å². The van der Waals surface area contributed by atoms with E-state index in [2.05, 4.69) is 0 Å². The highest BCUT2D eigenvalue weighted by Crippen LogP contribution is 2.38. The van der Waals surface area contributed by atoms with E-state index in [-0.39, 0.29) is 13.0 Å². The summed E-state index contributed by atoms with van der Waals surface area (Å²) < 4.78 is 10.7. The van der Waals surface area contributed by atoms with Crippen LogP contribution in [-0.2, 0) is 16.0 Å². The summed E-state index contributed by atoms with van der Waals surface area (Å²) in [4.78, 5) is 25.7. The van der Waals surface area contributed by atoms with Crippen molar-refractivity contribution in [3.63, 3.8) is 0 Å². The van der Waals surface area contributed by atoms with Crippen LogP contribution in [0.25, 0.3) is 0 Å². The number of hydrogen-bond acceptors (Lipinski definition) is 4. The maximum Gasteiger partial charge on any atom is 0.410 e. The van der Waals surface area contributed by atoms with Crippen LogP contribution in [0.5, 0.6) is 5.75 Å². The van der Waals surface area contributed by atoms with Crippen LogP contribution in [0.3, 0.4) is 0 Å². The lowest BCUT2D eigenvalue weighted by molar-refractivity contribution is -0.148. The van der Waals surface area contributed by atoms with Gasteiger partial charge in [-0.2, -0.15) is 0 Å². The standard InChI is InChI=1S/C18H24ClNO5/c1-17(2,3)25-16(23)20-8-7-18(11-20,15(21)22)10-12-9-13(19)5-6-14(12)24-4/h5-6,9H,7-8,10-11H2,1-4H3,(H,21,22). The van der Waals surface area contributed by atoms with Gasteiger partial charge in [-0.1, -0.05) is 11.6 Å². The summed E-state index contributed by atoms with van der Waals surface area (Å²) in [5.74, 6) is -0.360. The minimum atomic E-state index is -1.09. The Morgan fingerprint density at radius 2 is 2.04 bits per heavy atom. The first-order valence-electron chi connectivity index (χ1n) is 8.10. The van der Waals surface area contributed by atoms with Crippen LogP contribution in [-0.4, -0.2) is 47.9 Å². The Hall–Kier alpha value is -1.95. The lowest BCUT2D eigenvalue weighted by Crippen LogP contribution is -2.40. The molecule has 1 aliphatic rings. The number of nitrogens with zero attached hydrogens (tertiary/aromatic N) is 1. The summed E-state index contributed by atoms with van der Waals surface area (Å²) in [6.45, 7) is 5.77. The normalized spacial score (nSPS) is 20.4. The van der Waals surface area contributed by atoms with Gasteiger partial charge in [0.25, 0.3) is 0 Å². The van der Waals surface area contributed by atoms with E-state index < -0.39 is 23.1 Å². The molecule has 1 aromatic carbocycles. The summed E-state index contributed by atoms with van der Waals surface area (Å²) in [7, 11) is 1.53. The van der Waals surface area contributed by atoms with Crippen molar-refractivity contribution in [1.82, 2.24) is 4.90 Å². The van der Waals surface area contributed by atoms with Crippen LogP contribution in [0.1, 0.15) is 32.8 Å². The monoisotopic (exact) mass is 369 g/mol. The van der Waals surface area contributed by atoms with E-state index in [4.69, 9.17) is 21.1 Å². The van der Waals surface area contributed by atoms with E-state index in [1.807, 2.05) is 0 Å². The Kier molecular flexibility index (Phi) is 5.52. The lowest BCUT2D eigenvalue weighted by Gasteiger charge is -2.27. The molecule has 1 amide bonds. The fourth-order valence-corrected chi connectivity index (χ4v) is 3.19. The van der Waals surface area contributed by atoms with Crippen molar-refractivity contribution in [2.24, 2.45) is 5.41 Å². The average Bonchev–Trinajstić information content (AvgIpc) is 2.91. The van der Waals surface area contributed by atoms with Gasteiger partial charge >= 0.3 is 12.1 Å². The number of benzene rings is 1. The highest BCUT2D eigenvalue weighted by Gasteiger charge is 2.47. The Bertz CT molecular complexity index is 670. The van der Waals surface area contributed by atoms with Gasteiger partial charge in [0.2, 0.25) is 0 Å². The van der Waals surface area contributed by atoms with Gasteiger partial charge in [-0.15, -0.1) is 0 Å². The van der Waals surface area contributed by atoms with Gasteiger partial charge < -0.3 is 19.5 Å². The van der Waals surface area contributed by atoms with Crippen LogP contribution in [0, 0.1) is 5.41 Å². The van der Waals surface area contributed by atoms with Gasteiger partial charge in [0.1, 0.15) is 11.4 Å². The second-order valence-electron chi connectivity index (χ2n) is 7.37. The fourth-order valence-electron chi connectivity index (χ4n) is 3.00. The van der Waals surface area contributed by atoms with Crippen molar-refractivity contribution in [2.45, 2.75) is 39.2 Å². The molecule has 1 N–H and O–H groups in total. The minimum Gasteiger partial charge on any atom is -0.496 e. The quantitative estimate of drug-likeness (QED) is 0.877. The summed E-state index contributed by atoms with van der Waals surface area (Å²) in [5.41, 5.74) is -1.00. The molecule has 2 rings (SSSR count). The molecule has 138 valence electrons. The molecule has 1 atom stereocenters. The number of hydrogen-bond donors (Lipinski definition) is 1. The van der Waals surface area contributed by atoms with Crippen LogP contribution in [0.4, 0.5) is 4.79 Å². The van der Waals surface area contributed by atoms with Gasteiger partial charge in [-0.3, -0.25) is 4.79 Å². The third kappa shape index (κ3) is 4.57. The molecule has 1 heterocycles. The number of rotatable bonds is 4. The molecule has 7 heteroatoms. The third-order valence-electron chi connectivity index (χ3n) is 4.23. The number of ether oxygens (including phenoxy) is 2. The molecule has 1 unspecified atom stereocenters. The molecule has 0 spiro atoms. The molecule has 1 fully saturated rings. The van der Waals surface area contributed by atoms with E-state index in [1.165, 1.54) is 12.0 Å². The molecule has 1 saturated heterocycles. The number of aliphatic carboxylic acids is 1. The number of amides is 1. The summed E-state index contributed by atoms with van der Waals surface area (Å²) in [6.07, 6.45) is 0.0801. The van der Waals surface area contributed by atoms with Gasteiger partial charge in [-0.25, -0.2) is 4.79 Å². The first-order chi connectivity index (χ1) is 11.6. The smallest absolute Gasteiger partial charge is 0.410 e. The van der Waals surface area contributed by atoms with Crippen LogP contribution in [0.15, 0.2) is 18.2 Å². The van der Waals surface area contributed by atoms with Gasteiger partial charge in [0, 0.05) is 18.1 Å². The summed E-state index contributed by atoms with van der Waals surface area (Å²) in [6, 6.07) is 5.12. The Morgan fingerprint density at radius 1 is 1.36 bits per heavy atom. The Labute approximate surface area is 152 Å². The maximum atomic E-state index is 12.3. The molecular weight excluding hydrogens is 346 g/mol. The van der Waals surface area contributed by atoms with Crippen LogP contribution >= 0.6 is 11.6 Å². The van der Waals surface area contributed by atoms with Crippen LogP contribution < -0.4 is 4.74 Å². The molecule has 6 nitrogen and oxygen atoms in total. The molecule has 0 aliphatic carbocycles. The van der Waals surface area contributed by atoms with Crippen molar-refractivity contribution in [2.75, 3.05) is 20.2 Å². The topological polar surface area (TPSA) is 76.1 Å². The van der Waals surface area contributed by atoms with Crippen LogP contribution in [0.2, 0.25) is 5.02 Å². The van der Waals surface area contributed by atoms with Gasteiger partial charge in [-0.05, 0) is 57.4 Å². The first-order valence-corrected chi connectivity index (χ1v) is 8.48. The minimum absolute atomic E-state index is 0.0902. The Morgan fingerprint density at radius 3 is 2.60 bits per heavy atom. The molecular formula is C18H24ClNO5. The van der Waals surface area contributed by atoms with E-state index in [0.29, 0.717) is 29.3 Å². The molecule has 0 bridgehead atoms. The molecule has 1 aliphatic heterocycles. The molecule has 1 aromatic rings. The zero-order chi connectivity index (χ0) is 18.8. The number of carbonyl (C=O) groups is 2. The van der Waals surface area contributed by atoms with E-state index in [1.54, 1.807) is 39.0 Å². The number of halogens is 1. The van der Waals surface area contributed by atoms with Crippen molar-refractivity contribution in [1.29, 1.82) is 0 Å². The largest absolute Gasteiger partial charge is 0.496 e. The highest BCUT2D eigenvalue weighted by molar-refractivity contribution is 6.30. The van der Waals surface area contributed by atoms with Crippen molar-refractivity contribution >= 4 is 23.7 Å². The second kappa shape index (κ2) is 7.12. The zero-order valence-corrected chi connectivity index (χ0v) is 15.7. The van der Waals surface area contributed by atoms with E-state index in [0.717, 1.165) is 0 Å². The number of carbonyl (C=O) groups excluding carboxylic acids is 1. The predicted molar refractivity (Wildman–Crippen MR) is 94.2 cm³/mol. The number of likely N-dealkylation sites (tertiary alicyclic amines) is 1. The first kappa shape index (κ1) is 19.4. The van der Waals surface area contributed by atoms with E-state index >= 15 is 0 Å². The lowest BCUT2D eigenvalue weighted by atomic mass is 9.80. The highest BCUT2D eigenvalue weighted by atomic mass is 35.5.